The minimum absolute atomic E-state index is 0. The summed E-state index contributed by atoms with van der Waals surface area (Å²) in [6.07, 6.45) is -2.91. The lowest BCUT2D eigenvalue weighted by molar-refractivity contribution is -0.142. The first kappa shape index (κ1) is 19.0. The lowest BCUT2D eigenvalue weighted by Gasteiger charge is -2.12. The van der Waals surface area contributed by atoms with Gasteiger partial charge in [0.1, 0.15) is 5.69 Å². The van der Waals surface area contributed by atoms with Crippen LogP contribution in [-0.4, -0.2) is 21.7 Å². The number of nitrogens with zero attached hydrogens (tertiary/aromatic N) is 2. The van der Waals surface area contributed by atoms with Crippen LogP contribution in [0.25, 0.3) is 5.69 Å². The van der Waals surface area contributed by atoms with E-state index < -0.39 is 17.9 Å². The van der Waals surface area contributed by atoms with Crippen LogP contribution in [0, 0.1) is 0 Å². The zero-order valence-electron chi connectivity index (χ0n) is 12.2. The summed E-state index contributed by atoms with van der Waals surface area (Å²) in [7, 11) is 0. The number of nitrogens with two attached hydrogens (primary N) is 1. The van der Waals surface area contributed by atoms with Gasteiger partial charge in [-0.3, -0.25) is 4.79 Å². The van der Waals surface area contributed by atoms with E-state index >= 15 is 0 Å². The Bertz CT molecular complexity index is 655. The van der Waals surface area contributed by atoms with Crippen LogP contribution in [0.1, 0.15) is 19.0 Å². The van der Waals surface area contributed by atoms with Gasteiger partial charge in [-0.2, -0.15) is 18.3 Å². The molecule has 1 heterocycles. The third-order valence-corrected chi connectivity index (χ3v) is 3.09. The lowest BCUT2D eigenvalue weighted by Crippen LogP contribution is -2.34. The highest BCUT2D eigenvalue weighted by atomic mass is 35.5. The number of rotatable bonds is 4. The predicted octanol–water partition coefficient (Wildman–Crippen LogP) is 2.99. The number of hydrogen-bond acceptors (Lipinski definition) is 3. The quantitative estimate of drug-likeness (QED) is 0.892. The average Bonchev–Trinajstić information content (AvgIpc) is 2.96. The van der Waals surface area contributed by atoms with E-state index in [0.717, 1.165) is 16.9 Å². The summed E-state index contributed by atoms with van der Waals surface area (Å²) in [5.74, 6) is -0.342. The van der Waals surface area contributed by atoms with Crippen molar-refractivity contribution in [1.82, 2.24) is 9.78 Å². The molecule has 1 aromatic heterocycles. The molecular formula is C14H16ClF3N4O. The van der Waals surface area contributed by atoms with E-state index in [1.807, 2.05) is 0 Å². The molecule has 9 heteroatoms. The Morgan fingerprint density at radius 3 is 2.43 bits per heavy atom. The molecule has 0 bridgehead atoms. The minimum Gasteiger partial charge on any atom is -0.325 e. The molecular weight excluding hydrogens is 333 g/mol. The van der Waals surface area contributed by atoms with Gasteiger partial charge in [-0.05, 0) is 36.8 Å². The molecule has 2 aromatic rings. The molecule has 1 aromatic carbocycles. The van der Waals surface area contributed by atoms with Gasteiger partial charge in [-0.1, -0.05) is 6.92 Å². The Kier molecular flexibility index (Phi) is 6.17. The van der Waals surface area contributed by atoms with E-state index in [1.165, 1.54) is 24.3 Å². The van der Waals surface area contributed by atoms with Gasteiger partial charge in [0, 0.05) is 5.69 Å². The van der Waals surface area contributed by atoms with Crippen LogP contribution in [0.4, 0.5) is 18.9 Å². The topological polar surface area (TPSA) is 72.9 Å². The number of carbonyl (C=O) groups excluding carboxylic acids is 1. The van der Waals surface area contributed by atoms with Crippen LogP contribution >= 0.6 is 12.4 Å². The first-order valence-electron chi connectivity index (χ1n) is 6.61. The second kappa shape index (κ2) is 7.47. The van der Waals surface area contributed by atoms with Crippen molar-refractivity contribution in [3.05, 3.63) is 42.2 Å². The Hall–Kier alpha value is -2.06. The number of alkyl halides is 3. The molecule has 0 spiro atoms. The zero-order valence-corrected chi connectivity index (χ0v) is 13.0. The second-order valence-electron chi connectivity index (χ2n) is 4.68. The van der Waals surface area contributed by atoms with Crippen LogP contribution in [-0.2, 0) is 11.0 Å². The van der Waals surface area contributed by atoms with Crippen molar-refractivity contribution in [2.24, 2.45) is 5.73 Å². The molecule has 0 saturated carbocycles. The molecule has 1 amide bonds. The molecule has 0 saturated heterocycles. The first-order valence-corrected chi connectivity index (χ1v) is 6.61. The summed E-state index contributed by atoms with van der Waals surface area (Å²) in [6.45, 7) is 1.78. The zero-order chi connectivity index (χ0) is 16.3. The van der Waals surface area contributed by atoms with Gasteiger partial charge in [0.15, 0.2) is 0 Å². The highest BCUT2D eigenvalue weighted by Crippen LogP contribution is 2.30. The molecule has 0 aliphatic rings. The van der Waals surface area contributed by atoms with E-state index in [1.54, 1.807) is 6.92 Å². The fourth-order valence-corrected chi connectivity index (χ4v) is 1.83. The Morgan fingerprint density at radius 2 is 1.91 bits per heavy atom. The van der Waals surface area contributed by atoms with Gasteiger partial charge in [0.25, 0.3) is 0 Å². The number of carbonyl (C=O) groups is 1. The average molecular weight is 349 g/mol. The van der Waals surface area contributed by atoms with Crippen molar-refractivity contribution in [3.8, 4) is 5.69 Å². The van der Waals surface area contributed by atoms with Crippen LogP contribution in [0.2, 0.25) is 0 Å². The molecule has 3 N–H and O–H groups in total. The Morgan fingerprint density at radius 1 is 1.30 bits per heavy atom. The van der Waals surface area contributed by atoms with Crippen LogP contribution in [0.15, 0.2) is 36.5 Å². The molecule has 126 valence electrons. The van der Waals surface area contributed by atoms with Crippen molar-refractivity contribution in [2.45, 2.75) is 25.6 Å². The number of benzene rings is 1. The Labute approximate surface area is 137 Å². The van der Waals surface area contributed by atoms with Gasteiger partial charge in [0.05, 0.1) is 17.9 Å². The molecule has 0 aliphatic heterocycles. The fourth-order valence-electron chi connectivity index (χ4n) is 1.83. The Balaban J connectivity index is 0.00000264. The van der Waals surface area contributed by atoms with Crippen molar-refractivity contribution < 1.29 is 18.0 Å². The van der Waals surface area contributed by atoms with Gasteiger partial charge in [0.2, 0.25) is 5.91 Å². The SMILES string of the molecule is CC[C@H](N)C(=O)Nc1ccc(-n2nccc2C(F)(F)F)cc1.Cl. The van der Waals surface area contributed by atoms with Crippen LogP contribution in [0.3, 0.4) is 0 Å². The minimum atomic E-state index is -4.49. The molecule has 5 nitrogen and oxygen atoms in total. The fraction of sp³-hybridized carbons (Fsp3) is 0.286. The van der Waals surface area contributed by atoms with Crippen molar-refractivity contribution in [2.75, 3.05) is 5.32 Å². The molecule has 0 fully saturated rings. The predicted molar refractivity (Wildman–Crippen MR) is 82.7 cm³/mol. The number of anilines is 1. The summed E-state index contributed by atoms with van der Waals surface area (Å²) in [4.78, 5) is 11.6. The van der Waals surface area contributed by atoms with Gasteiger partial charge < -0.3 is 11.1 Å². The van der Waals surface area contributed by atoms with Gasteiger partial charge in [-0.15, -0.1) is 12.4 Å². The molecule has 0 unspecified atom stereocenters. The summed E-state index contributed by atoms with van der Waals surface area (Å²) in [5.41, 5.74) is 5.43. The largest absolute Gasteiger partial charge is 0.433 e. The highest BCUT2D eigenvalue weighted by Gasteiger charge is 2.35. The van der Waals surface area contributed by atoms with Crippen molar-refractivity contribution in [1.29, 1.82) is 0 Å². The van der Waals surface area contributed by atoms with Crippen molar-refractivity contribution in [3.63, 3.8) is 0 Å². The van der Waals surface area contributed by atoms with E-state index in [-0.39, 0.29) is 24.0 Å². The molecule has 1 atom stereocenters. The van der Waals surface area contributed by atoms with E-state index in [9.17, 15) is 18.0 Å². The van der Waals surface area contributed by atoms with Crippen LogP contribution < -0.4 is 11.1 Å². The van der Waals surface area contributed by atoms with Gasteiger partial charge >= 0.3 is 6.18 Å². The standard InChI is InChI=1S/C14H15F3N4O.ClH/c1-2-11(18)13(22)20-9-3-5-10(6-4-9)21-12(7-8-19-21)14(15,16)17;/h3-8,11H,2,18H2,1H3,(H,20,22);1H/t11-;/m0./s1. The smallest absolute Gasteiger partial charge is 0.325 e. The van der Waals surface area contributed by atoms with Crippen LogP contribution in [0.5, 0.6) is 0 Å². The number of halogens is 4. The number of nitrogens with one attached hydrogen (secondary N) is 1. The molecule has 2 rings (SSSR count). The monoisotopic (exact) mass is 348 g/mol. The summed E-state index contributed by atoms with van der Waals surface area (Å²) in [5, 5.41) is 6.27. The molecule has 23 heavy (non-hydrogen) atoms. The summed E-state index contributed by atoms with van der Waals surface area (Å²) in [6, 6.07) is 6.15. The molecule has 0 radical (unpaired) electrons. The highest BCUT2D eigenvalue weighted by molar-refractivity contribution is 5.94. The second-order valence-corrected chi connectivity index (χ2v) is 4.68. The van der Waals surface area contributed by atoms with Gasteiger partial charge in [-0.25, -0.2) is 4.68 Å². The maximum Gasteiger partial charge on any atom is 0.433 e. The van der Waals surface area contributed by atoms with E-state index in [4.69, 9.17) is 5.73 Å². The lowest BCUT2D eigenvalue weighted by atomic mass is 10.2. The molecule has 0 aliphatic carbocycles. The van der Waals surface area contributed by atoms with E-state index in [0.29, 0.717) is 12.1 Å². The number of hydrogen-bond donors (Lipinski definition) is 2. The summed E-state index contributed by atoms with van der Waals surface area (Å²) >= 11 is 0. The third kappa shape index (κ3) is 4.46. The summed E-state index contributed by atoms with van der Waals surface area (Å²) < 4.78 is 39.2. The normalized spacial score (nSPS) is 12.4. The van der Waals surface area contributed by atoms with Crippen molar-refractivity contribution >= 4 is 24.0 Å². The third-order valence-electron chi connectivity index (χ3n) is 3.09. The maximum atomic E-state index is 12.8. The first-order chi connectivity index (χ1) is 10.3. The number of aromatic nitrogens is 2. The van der Waals surface area contributed by atoms with E-state index in [2.05, 4.69) is 10.4 Å². The maximum absolute atomic E-state index is 12.8. The number of amides is 1.